The maximum absolute atomic E-state index is 11.6. The number of non-ortho nitro benzene ring substituents is 1. The summed E-state index contributed by atoms with van der Waals surface area (Å²) in [5.41, 5.74) is 1.15. The number of rotatable bonds is 6. The van der Waals surface area contributed by atoms with E-state index in [-0.39, 0.29) is 16.8 Å². The molecule has 0 atom stereocenters. The Morgan fingerprint density at radius 1 is 0.781 bits per heavy atom. The summed E-state index contributed by atoms with van der Waals surface area (Å²) in [6, 6.07) is 11.3. The highest BCUT2D eigenvalue weighted by molar-refractivity contribution is 5.92. The topological polar surface area (TPSA) is 158 Å². The zero-order chi connectivity index (χ0) is 23.7. The van der Waals surface area contributed by atoms with Gasteiger partial charge < -0.3 is 20.4 Å². The second-order valence-corrected chi connectivity index (χ2v) is 7.36. The molecule has 9 nitrogen and oxygen atoms in total. The van der Waals surface area contributed by atoms with Crippen molar-refractivity contribution in [3.8, 4) is 11.5 Å². The lowest BCUT2D eigenvalue weighted by Crippen LogP contribution is -2.09. The Hall–Kier alpha value is -4.40. The van der Waals surface area contributed by atoms with Crippen LogP contribution >= 0.6 is 0 Å². The third-order valence-electron chi connectivity index (χ3n) is 5.21. The molecule has 3 aromatic carbocycles. The second-order valence-electron chi connectivity index (χ2n) is 7.36. The zero-order valence-corrected chi connectivity index (χ0v) is 17.1. The summed E-state index contributed by atoms with van der Waals surface area (Å²) in [6.07, 6.45) is 0. The van der Waals surface area contributed by atoms with Crippen LogP contribution in [-0.4, -0.2) is 37.3 Å². The molecule has 0 bridgehead atoms. The van der Waals surface area contributed by atoms with Crippen LogP contribution in [0, 0.1) is 24.0 Å². The molecule has 0 amide bonds. The van der Waals surface area contributed by atoms with E-state index in [0.29, 0.717) is 27.8 Å². The summed E-state index contributed by atoms with van der Waals surface area (Å²) in [5.74, 6) is -4.20. The number of carbonyl (C=O) groups is 2. The number of nitro groups is 1. The summed E-state index contributed by atoms with van der Waals surface area (Å²) in [7, 11) is 0. The fourth-order valence-corrected chi connectivity index (χ4v) is 3.64. The Morgan fingerprint density at radius 3 is 1.53 bits per heavy atom. The van der Waals surface area contributed by atoms with Crippen molar-refractivity contribution in [2.75, 3.05) is 0 Å². The summed E-state index contributed by atoms with van der Waals surface area (Å²) in [5, 5.41) is 50.3. The summed E-state index contributed by atoms with van der Waals surface area (Å²) >= 11 is 0. The quantitative estimate of drug-likeness (QED) is 0.254. The summed E-state index contributed by atoms with van der Waals surface area (Å²) in [6.45, 7) is 3.06. The highest BCUT2D eigenvalue weighted by Crippen LogP contribution is 2.38. The van der Waals surface area contributed by atoms with E-state index in [1.54, 1.807) is 12.1 Å². The molecule has 9 heteroatoms. The Morgan fingerprint density at radius 2 is 1.19 bits per heavy atom. The van der Waals surface area contributed by atoms with E-state index in [4.69, 9.17) is 0 Å². The van der Waals surface area contributed by atoms with E-state index < -0.39 is 34.3 Å². The van der Waals surface area contributed by atoms with E-state index >= 15 is 0 Å². The highest BCUT2D eigenvalue weighted by Gasteiger charge is 2.25. The van der Waals surface area contributed by atoms with E-state index in [1.807, 2.05) is 0 Å². The van der Waals surface area contributed by atoms with Gasteiger partial charge in [-0.15, -0.1) is 0 Å². The van der Waals surface area contributed by atoms with E-state index in [9.17, 15) is 40.1 Å². The number of benzene rings is 3. The molecule has 0 saturated heterocycles. The van der Waals surface area contributed by atoms with Gasteiger partial charge in [-0.2, -0.15) is 0 Å². The van der Waals surface area contributed by atoms with Crippen LogP contribution in [0.15, 0.2) is 48.5 Å². The van der Waals surface area contributed by atoms with Gasteiger partial charge in [-0.3, -0.25) is 10.1 Å². The Labute approximate surface area is 182 Å². The normalized spacial score (nSPS) is 10.8. The van der Waals surface area contributed by atoms with Crippen LogP contribution in [0.3, 0.4) is 0 Å². The van der Waals surface area contributed by atoms with Crippen LogP contribution in [0.25, 0.3) is 0 Å². The second kappa shape index (κ2) is 8.38. The van der Waals surface area contributed by atoms with Crippen molar-refractivity contribution in [3.63, 3.8) is 0 Å². The molecule has 0 saturated carbocycles. The first-order valence-corrected chi connectivity index (χ1v) is 9.39. The van der Waals surface area contributed by atoms with Gasteiger partial charge in [-0.05, 0) is 53.8 Å². The Balaban J connectivity index is 2.32. The molecule has 0 fully saturated rings. The number of aryl methyl sites for hydroxylation is 2. The molecule has 164 valence electrons. The molecule has 32 heavy (non-hydrogen) atoms. The van der Waals surface area contributed by atoms with Gasteiger partial charge in [0, 0.05) is 18.1 Å². The molecule has 0 aliphatic carbocycles. The van der Waals surface area contributed by atoms with Crippen LogP contribution in [0.4, 0.5) is 5.69 Å². The predicted octanol–water partition coefficient (Wildman–Crippen LogP) is 4.20. The number of aromatic carboxylic acids is 2. The molecule has 0 radical (unpaired) electrons. The average molecular weight is 437 g/mol. The molecule has 0 aliphatic rings. The van der Waals surface area contributed by atoms with Gasteiger partial charge in [0.1, 0.15) is 22.6 Å². The minimum atomic E-state index is -1.34. The number of nitro benzene ring substituents is 1. The number of aromatic hydroxyl groups is 2. The molecule has 0 aliphatic heterocycles. The molecule has 3 rings (SSSR count). The van der Waals surface area contributed by atoms with Crippen LogP contribution < -0.4 is 0 Å². The maximum Gasteiger partial charge on any atom is 0.339 e. The number of carboxylic acids is 2. The van der Waals surface area contributed by atoms with Gasteiger partial charge in [-0.25, -0.2) is 9.59 Å². The van der Waals surface area contributed by atoms with Crippen LogP contribution in [-0.2, 0) is 0 Å². The predicted molar refractivity (Wildman–Crippen MR) is 114 cm³/mol. The van der Waals surface area contributed by atoms with E-state index in [1.165, 1.54) is 50.2 Å². The van der Waals surface area contributed by atoms with Gasteiger partial charge in [0.05, 0.1) is 4.92 Å². The molecular formula is C23H19NO8. The van der Waals surface area contributed by atoms with Crippen molar-refractivity contribution >= 4 is 17.6 Å². The lowest BCUT2D eigenvalue weighted by atomic mass is 9.82. The molecule has 0 heterocycles. The number of phenols is 2. The monoisotopic (exact) mass is 437 g/mol. The van der Waals surface area contributed by atoms with Crippen molar-refractivity contribution < 1.29 is 34.9 Å². The van der Waals surface area contributed by atoms with Crippen molar-refractivity contribution in [3.05, 3.63) is 97.6 Å². The SMILES string of the molecule is Cc1cc(C(c2ccc([N+](=O)[O-])cc2)c2cc(C)c(O)c(C(=O)O)c2)cc(C(=O)O)c1O. The number of nitrogens with zero attached hydrogens (tertiary/aromatic N) is 1. The first-order chi connectivity index (χ1) is 15.0. The first kappa shape index (κ1) is 22.3. The van der Waals surface area contributed by atoms with E-state index in [2.05, 4.69) is 0 Å². The van der Waals surface area contributed by atoms with Crippen molar-refractivity contribution in [2.24, 2.45) is 0 Å². The van der Waals surface area contributed by atoms with Gasteiger partial charge in [0.15, 0.2) is 0 Å². The molecule has 4 N–H and O–H groups in total. The largest absolute Gasteiger partial charge is 0.507 e. The van der Waals surface area contributed by atoms with Crippen molar-refractivity contribution in [1.29, 1.82) is 0 Å². The lowest BCUT2D eigenvalue weighted by molar-refractivity contribution is -0.384. The first-order valence-electron chi connectivity index (χ1n) is 9.39. The van der Waals surface area contributed by atoms with Gasteiger partial charge in [0.2, 0.25) is 0 Å². The number of hydrogen-bond donors (Lipinski definition) is 4. The average Bonchev–Trinajstić information content (AvgIpc) is 2.72. The van der Waals surface area contributed by atoms with Gasteiger partial charge in [-0.1, -0.05) is 24.3 Å². The molecule has 3 aromatic rings. The minimum absolute atomic E-state index is 0.145. The zero-order valence-electron chi connectivity index (χ0n) is 17.1. The molecular weight excluding hydrogens is 418 g/mol. The van der Waals surface area contributed by atoms with Gasteiger partial charge >= 0.3 is 11.9 Å². The molecule has 0 unspecified atom stereocenters. The fraction of sp³-hybridized carbons (Fsp3) is 0.130. The maximum atomic E-state index is 11.6. The standard InChI is InChI=1S/C23H19NO8/c1-11-7-14(9-17(20(11)25)22(27)28)19(13-3-5-16(6-4-13)24(31)32)15-8-12(2)21(26)18(10-15)23(29)30/h3-10,19,25-26H,1-2H3,(H,27,28)(H,29,30). The Bertz CT molecular complexity index is 1180. The summed E-state index contributed by atoms with van der Waals surface area (Å²) in [4.78, 5) is 33.8. The van der Waals surface area contributed by atoms with Crippen molar-refractivity contribution in [2.45, 2.75) is 19.8 Å². The molecule has 0 aromatic heterocycles. The Kier molecular flexibility index (Phi) is 5.84. The van der Waals surface area contributed by atoms with Crippen LogP contribution in [0.5, 0.6) is 11.5 Å². The summed E-state index contributed by atoms with van der Waals surface area (Å²) < 4.78 is 0. The fourth-order valence-electron chi connectivity index (χ4n) is 3.64. The van der Waals surface area contributed by atoms with Crippen LogP contribution in [0.1, 0.15) is 54.5 Å². The highest BCUT2D eigenvalue weighted by atomic mass is 16.6. The lowest BCUT2D eigenvalue weighted by Gasteiger charge is -2.22. The minimum Gasteiger partial charge on any atom is -0.507 e. The number of carboxylic acid groups (broad SMARTS) is 2. The third kappa shape index (κ3) is 4.08. The third-order valence-corrected chi connectivity index (χ3v) is 5.21. The van der Waals surface area contributed by atoms with E-state index in [0.717, 1.165) is 0 Å². The number of hydrogen-bond acceptors (Lipinski definition) is 6. The smallest absolute Gasteiger partial charge is 0.339 e. The van der Waals surface area contributed by atoms with Gasteiger partial charge in [0.25, 0.3) is 5.69 Å². The van der Waals surface area contributed by atoms with Crippen LogP contribution in [0.2, 0.25) is 0 Å². The molecule has 0 spiro atoms. The van der Waals surface area contributed by atoms with Crippen molar-refractivity contribution in [1.82, 2.24) is 0 Å².